The molecule has 4 amide bonds. The minimum Gasteiger partial charge on any atom is -0.361 e. The van der Waals surface area contributed by atoms with Gasteiger partial charge in [-0.15, -0.1) is 0 Å². The minimum absolute atomic E-state index is 0.289. The fourth-order valence-electron chi connectivity index (χ4n) is 3.85. The molecule has 1 aromatic heterocycles. The van der Waals surface area contributed by atoms with E-state index in [-0.39, 0.29) is 6.54 Å². The van der Waals surface area contributed by atoms with Gasteiger partial charge in [-0.3, -0.25) is 20.1 Å². The minimum atomic E-state index is -0.623. The summed E-state index contributed by atoms with van der Waals surface area (Å²) in [7, 11) is 0. The third-order valence-electron chi connectivity index (χ3n) is 5.76. The van der Waals surface area contributed by atoms with Crippen molar-refractivity contribution in [2.75, 3.05) is 6.54 Å². The molecule has 0 saturated heterocycles. The van der Waals surface area contributed by atoms with Gasteiger partial charge in [-0.1, -0.05) is 60.7 Å². The van der Waals surface area contributed by atoms with Crippen LogP contribution in [0.2, 0.25) is 0 Å². The molecule has 0 aliphatic rings. The third-order valence-corrected chi connectivity index (χ3v) is 5.76. The molecular weight excluding hydrogens is 456 g/mol. The van der Waals surface area contributed by atoms with Crippen molar-refractivity contribution in [1.29, 1.82) is 0 Å². The monoisotopic (exact) mass is 482 g/mol. The van der Waals surface area contributed by atoms with E-state index in [0.29, 0.717) is 18.5 Å². The van der Waals surface area contributed by atoms with E-state index in [0.717, 1.165) is 27.6 Å². The Kier molecular flexibility index (Phi) is 7.90. The van der Waals surface area contributed by atoms with Gasteiger partial charge in [0.1, 0.15) is 0 Å². The van der Waals surface area contributed by atoms with Gasteiger partial charge in [-0.25, -0.2) is 10.3 Å². The second kappa shape index (κ2) is 11.6. The molecule has 0 radical (unpaired) electrons. The smallest absolute Gasteiger partial charge is 0.324 e. The van der Waals surface area contributed by atoms with Crippen molar-refractivity contribution in [3.05, 3.63) is 113 Å². The molecule has 4 aromatic rings. The molecule has 3 aromatic carbocycles. The Bertz CT molecular complexity index is 1380. The Morgan fingerprint density at radius 1 is 0.917 bits per heavy atom. The number of nitrogens with one attached hydrogen (secondary N) is 3. The Labute approximate surface area is 208 Å². The first-order valence-electron chi connectivity index (χ1n) is 11.4. The Morgan fingerprint density at radius 2 is 1.64 bits per heavy atom. The summed E-state index contributed by atoms with van der Waals surface area (Å²) < 4.78 is 0. The largest absolute Gasteiger partial charge is 0.361 e. The van der Waals surface area contributed by atoms with E-state index in [9.17, 15) is 14.4 Å². The highest BCUT2D eigenvalue weighted by Crippen LogP contribution is 2.19. The van der Waals surface area contributed by atoms with Gasteiger partial charge in [0.25, 0.3) is 11.8 Å². The molecule has 4 N–H and O–H groups in total. The number of carbonyl (C=O) groups is 3. The summed E-state index contributed by atoms with van der Waals surface area (Å²) in [5.74, 6) is -1.08. The zero-order valence-corrected chi connectivity index (χ0v) is 19.5. The molecule has 182 valence electrons. The van der Waals surface area contributed by atoms with Crippen LogP contribution in [0.5, 0.6) is 0 Å². The molecule has 0 saturated carbocycles. The number of rotatable bonds is 8. The number of nitrogens with zero attached hydrogens (tertiary/aromatic N) is 1. The summed E-state index contributed by atoms with van der Waals surface area (Å²) in [4.78, 5) is 41.8. The topological polar surface area (TPSA) is 115 Å². The first kappa shape index (κ1) is 24.4. The molecule has 8 heteroatoms. The normalized spacial score (nSPS) is 10.9. The molecule has 0 atom stereocenters. The predicted octanol–water partition coefficient (Wildman–Crippen LogP) is 4.28. The molecule has 0 aliphatic carbocycles. The van der Waals surface area contributed by atoms with Gasteiger partial charge in [0.2, 0.25) is 0 Å². The average molecular weight is 483 g/mol. The number of benzene rings is 3. The van der Waals surface area contributed by atoms with Crippen LogP contribution in [0, 0.1) is 0 Å². The van der Waals surface area contributed by atoms with Gasteiger partial charge in [0.05, 0.1) is 0 Å². The molecule has 8 nitrogen and oxygen atoms in total. The maximum absolute atomic E-state index is 13.1. The maximum Gasteiger partial charge on any atom is 0.324 e. The number of H-pyrrole nitrogens is 1. The van der Waals surface area contributed by atoms with Gasteiger partial charge in [0.15, 0.2) is 0 Å². The summed E-state index contributed by atoms with van der Waals surface area (Å²) >= 11 is 0. The number of hydrogen-bond acceptors (Lipinski definition) is 4. The molecule has 0 bridgehead atoms. The van der Waals surface area contributed by atoms with Crippen molar-refractivity contribution in [3.63, 3.8) is 0 Å². The van der Waals surface area contributed by atoms with Crippen LogP contribution in [0.4, 0.5) is 4.79 Å². The molecule has 0 fully saturated rings. The lowest BCUT2D eigenvalue weighted by atomic mass is 10.1. The summed E-state index contributed by atoms with van der Waals surface area (Å²) in [5.41, 5.74) is 5.68. The van der Waals surface area contributed by atoms with Crippen molar-refractivity contribution >= 4 is 34.8 Å². The van der Waals surface area contributed by atoms with Crippen molar-refractivity contribution in [3.8, 4) is 0 Å². The highest BCUT2D eigenvalue weighted by molar-refractivity contribution is 6.04. The average Bonchev–Trinajstić information content (AvgIpc) is 3.33. The van der Waals surface area contributed by atoms with Crippen molar-refractivity contribution in [2.45, 2.75) is 13.0 Å². The second-order valence-corrected chi connectivity index (χ2v) is 8.21. The van der Waals surface area contributed by atoms with E-state index < -0.39 is 17.8 Å². The molecule has 0 aliphatic heterocycles. The summed E-state index contributed by atoms with van der Waals surface area (Å²) in [5, 5.41) is 12.2. The Hall–Kier alpha value is -4.69. The number of imide groups is 1. The number of urea groups is 1. The van der Waals surface area contributed by atoms with Gasteiger partial charge in [0, 0.05) is 41.8 Å². The van der Waals surface area contributed by atoms with E-state index in [2.05, 4.69) is 10.3 Å². The van der Waals surface area contributed by atoms with Crippen LogP contribution < -0.4 is 10.8 Å². The quantitative estimate of drug-likeness (QED) is 0.170. The third kappa shape index (κ3) is 6.25. The Balaban J connectivity index is 1.49. The van der Waals surface area contributed by atoms with Gasteiger partial charge in [-0.2, -0.15) is 0 Å². The van der Waals surface area contributed by atoms with Gasteiger partial charge < -0.3 is 9.88 Å². The molecule has 4 rings (SSSR count). The van der Waals surface area contributed by atoms with Crippen LogP contribution in [0.3, 0.4) is 0 Å². The fraction of sp³-hybridized carbons (Fsp3) is 0.107. The van der Waals surface area contributed by atoms with Crippen molar-refractivity contribution in [1.82, 2.24) is 20.7 Å². The first-order valence-corrected chi connectivity index (χ1v) is 11.4. The van der Waals surface area contributed by atoms with Crippen LogP contribution in [-0.4, -0.2) is 39.5 Å². The van der Waals surface area contributed by atoms with Crippen LogP contribution in [0.25, 0.3) is 17.0 Å². The predicted molar refractivity (Wildman–Crippen MR) is 137 cm³/mol. The number of hydroxylamine groups is 1. The highest BCUT2D eigenvalue weighted by Gasteiger charge is 2.18. The van der Waals surface area contributed by atoms with E-state index in [1.807, 2.05) is 42.6 Å². The van der Waals surface area contributed by atoms with Crippen molar-refractivity contribution in [2.24, 2.45) is 0 Å². The molecule has 0 unspecified atom stereocenters. The maximum atomic E-state index is 13.1. The van der Waals surface area contributed by atoms with Crippen LogP contribution >= 0.6 is 0 Å². The number of aromatic amines is 1. The molecular formula is C28H26N4O4. The van der Waals surface area contributed by atoms with E-state index in [1.165, 1.54) is 6.08 Å². The zero-order valence-electron chi connectivity index (χ0n) is 19.5. The lowest BCUT2D eigenvalue weighted by molar-refractivity contribution is -0.124. The number of carbonyl (C=O) groups excluding carboxylic acids is 3. The van der Waals surface area contributed by atoms with E-state index in [4.69, 9.17) is 5.21 Å². The number of hydrogen-bond donors (Lipinski definition) is 4. The second-order valence-electron chi connectivity index (χ2n) is 8.21. The van der Waals surface area contributed by atoms with Gasteiger partial charge in [-0.05, 0) is 47.4 Å². The van der Waals surface area contributed by atoms with E-state index in [1.54, 1.807) is 58.9 Å². The number of fused-ring (bicyclic) bond motifs is 1. The lowest BCUT2D eigenvalue weighted by Gasteiger charge is -2.23. The fourth-order valence-corrected chi connectivity index (χ4v) is 3.85. The van der Waals surface area contributed by atoms with Crippen molar-refractivity contribution < 1.29 is 19.6 Å². The van der Waals surface area contributed by atoms with Crippen LogP contribution in [0.15, 0.2) is 91.1 Å². The molecule has 0 spiro atoms. The first-order chi connectivity index (χ1) is 17.5. The van der Waals surface area contributed by atoms with Crippen LogP contribution in [0.1, 0.15) is 27.0 Å². The standard InChI is InChI=1S/C28H26N4O4/c33-26(31-36)15-14-20-10-12-21(13-11-20)19-32(28(35)30-27(34)22-6-2-1-3-7-22)17-16-23-18-29-25-9-5-4-8-24(23)25/h1-15,18,29,36H,16-17,19H2,(H,31,33)(H,30,34,35)/b15-14+. The van der Waals surface area contributed by atoms with E-state index >= 15 is 0 Å². The summed E-state index contributed by atoms with van der Waals surface area (Å²) in [6.45, 7) is 0.686. The number of para-hydroxylation sites is 1. The number of aromatic nitrogens is 1. The highest BCUT2D eigenvalue weighted by atomic mass is 16.5. The zero-order chi connectivity index (χ0) is 25.3. The lowest BCUT2D eigenvalue weighted by Crippen LogP contribution is -2.43. The summed E-state index contributed by atoms with van der Waals surface area (Å²) in [6, 6.07) is 23.4. The Morgan fingerprint density at radius 3 is 2.39 bits per heavy atom. The molecule has 36 heavy (non-hydrogen) atoms. The summed E-state index contributed by atoms with van der Waals surface area (Å²) in [6.07, 6.45) is 5.33. The number of amides is 4. The van der Waals surface area contributed by atoms with Crippen LogP contribution in [-0.2, 0) is 17.8 Å². The van der Waals surface area contributed by atoms with Gasteiger partial charge >= 0.3 is 6.03 Å². The SMILES string of the molecule is O=C(/C=C/c1ccc(CN(CCc2c[nH]c3ccccc23)C(=O)NC(=O)c2ccccc2)cc1)NO. The molecule has 1 heterocycles.